The van der Waals surface area contributed by atoms with Crippen molar-refractivity contribution in [2.75, 3.05) is 25.5 Å². The van der Waals surface area contributed by atoms with Crippen LogP contribution in [0.1, 0.15) is 29.3 Å². The summed E-state index contributed by atoms with van der Waals surface area (Å²) in [5.41, 5.74) is 1.43. The number of nitrogens with one attached hydrogen (secondary N) is 2. The molecule has 0 aliphatic carbocycles. The molecular weight excluding hydrogens is 399 g/mol. The molecule has 1 aliphatic rings. The summed E-state index contributed by atoms with van der Waals surface area (Å²) in [4.78, 5) is 19.1. The van der Waals surface area contributed by atoms with E-state index in [0.29, 0.717) is 12.0 Å². The molecule has 162 valence electrons. The molecule has 1 aliphatic heterocycles. The summed E-state index contributed by atoms with van der Waals surface area (Å²) in [6.45, 7) is 3.51. The molecule has 1 fully saturated rings. The number of rotatable bonds is 7. The van der Waals surface area contributed by atoms with Crippen molar-refractivity contribution in [3.05, 3.63) is 58.9 Å². The molecule has 9 heteroatoms. The van der Waals surface area contributed by atoms with E-state index in [1.807, 2.05) is 6.92 Å². The van der Waals surface area contributed by atoms with Gasteiger partial charge in [-0.05, 0) is 43.2 Å². The van der Waals surface area contributed by atoms with E-state index in [2.05, 4.69) is 10.8 Å². The Bertz CT molecular complexity index is 949. The van der Waals surface area contributed by atoms with Gasteiger partial charge in [-0.3, -0.25) is 4.79 Å². The number of likely N-dealkylation sites (tertiary alicyclic amines) is 1. The average Bonchev–Trinajstić information content (AvgIpc) is 2.68. The van der Waals surface area contributed by atoms with Crippen LogP contribution in [0.4, 0.5) is 24.5 Å². The number of amides is 1. The normalized spacial score (nSPS) is 16.2. The highest BCUT2D eigenvalue weighted by atomic mass is 19.2. The van der Waals surface area contributed by atoms with E-state index in [-0.39, 0.29) is 24.3 Å². The lowest BCUT2D eigenvalue weighted by Crippen LogP contribution is -2.71. The number of carbonyl (C=O) groups is 1. The molecule has 3 N–H and O–H groups in total. The Kier molecular flexibility index (Phi) is 6.35. The van der Waals surface area contributed by atoms with E-state index in [1.54, 1.807) is 13.0 Å². The number of benzene rings is 2. The van der Waals surface area contributed by atoms with Crippen LogP contribution in [0, 0.1) is 24.4 Å². The van der Waals surface area contributed by atoms with Gasteiger partial charge in [-0.1, -0.05) is 13.0 Å². The van der Waals surface area contributed by atoms with Crippen molar-refractivity contribution in [1.29, 1.82) is 0 Å². The number of hydrogen-bond donors (Lipinski definition) is 3. The highest BCUT2D eigenvalue weighted by molar-refractivity contribution is 6.01. The van der Waals surface area contributed by atoms with E-state index in [4.69, 9.17) is 4.84 Å². The maximum atomic E-state index is 14.5. The Balaban J connectivity index is 1.86. The van der Waals surface area contributed by atoms with E-state index in [1.165, 1.54) is 24.1 Å². The molecule has 30 heavy (non-hydrogen) atoms. The molecule has 1 unspecified atom stereocenters. The second-order valence-corrected chi connectivity index (χ2v) is 7.44. The summed E-state index contributed by atoms with van der Waals surface area (Å²) in [7, 11) is 1.43. The lowest BCUT2D eigenvalue weighted by Gasteiger charge is -2.50. The SMILES string of the molecule is CCC(NOC)C1(O)CN(C(=O)c2ccc(F)c(F)c2Nc2ccc(C)cc2F)C1. The second-order valence-electron chi connectivity index (χ2n) is 7.44. The molecule has 1 amide bonds. The van der Waals surface area contributed by atoms with Crippen molar-refractivity contribution in [3.63, 3.8) is 0 Å². The third-order valence-corrected chi connectivity index (χ3v) is 5.24. The quantitative estimate of drug-likeness (QED) is 0.596. The van der Waals surface area contributed by atoms with E-state index in [9.17, 15) is 23.1 Å². The number of aryl methyl sites for hydroxylation is 1. The number of nitrogens with zero attached hydrogens (tertiary/aromatic N) is 1. The average molecular weight is 423 g/mol. The fourth-order valence-corrected chi connectivity index (χ4v) is 3.57. The molecule has 0 aromatic heterocycles. The van der Waals surface area contributed by atoms with Crippen molar-refractivity contribution >= 4 is 17.3 Å². The fourth-order valence-electron chi connectivity index (χ4n) is 3.57. The highest BCUT2D eigenvalue weighted by Crippen LogP contribution is 2.33. The van der Waals surface area contributed by atoms with Crippen molar-refractivity contribution in [1.82, 2.24) is 10.4 Å². The smallest absolute Gasteiger partial charge is 0.256 e. The summed E-state index contributed by atoms with van der Waals surface area (Å²) in [5.74, 6) is -3.73. The van der Waals surface area contributed by atoms with Gasteiger partial charge in [0.1, 0.15) is 11.4 Å². The monoisotopic (exact) mass is 423 g/mol. The topological polar surface area (TPSA) is 73.8 Å². The molecule has 0 bridgehead atoms. The number of hydrogen-bond acceptors (Lipinski definition) is 5. The minimum atomic E-state index is -1.29. The predicted molar refractivity (Wildman–Crippen MR) is 106 cm³/mol. The first-order valence-corrected chi connectivity index (χ1v) is 9.51. The molecule has 0 spiro atoms. The Morgan fingerprint density at radius 2 is 1.93 bits per heavy atom. The molecule has 1 saturated heterocycles. The van der Waals surface area contributed by atoms with E-state index < -0.39 is 40.7 Å². The van der Waals surface area contributed by atoms with Crippen LogP contribution in [0.5, 0.6) is 0 Å². The molecule has 2 aromatic rings. The molecule has 0 radical (unpaired) electrons. The van der Waals surface area contributed by atoms with Crippen LogP contribution >= 0.6 is 0 Å². The summed E-state index contributed by atoms with van der Waals surface area (Å²) in [6, 6.07) is 5.80. The Morgan fingerprint density at radius 3 is 2.53 bits per heavy atom. The summed E-state index contributed by atoms with van der Waals surface area (Å²) in [5, 5.41) is 13.2. The second kappa shape index (κ2) is 8.63. The van der Waals surface area contributed by atoms with Gasteiger partial charge < -0.3 is 20.2 Å². The van der Waals surface area contributed by atoms with Crippen LogP contribution in [-0.4, -0.2) is 47.8 Å². The van der Waals surface area contributed by atoms with Gasteiger partial charge in [0.25, 0.3) is 5.91 Å². The molecule has 2 aromatic carbocycles. The minimum absolute atomic E-state index is 0.0158. The Morgan fingerprint density at radius 1 is 1.23 bits per heavy atom. The molecular formula is C21H24F3N3O3. The van der Waals surface area contributed by atoms with Gasteiger partial charge in [0.15, 0.2) is 11.6 Å². The van der Waals surface area contributed by atoms with Gasteiger partial charge in [-0.15, -0.1) is 0 Å². The number of halogens is 3. The van der Waals surface area contributed by atoms with Gasteiger partial charge in [-0.2, -0.15) is 5.48 Å². The van der Waals surface area contributed by atoms with Crippen molar-refractivity contribution in [2.24, 2.45) is 0 Å². The zero-order valence-electron chi connectivity index (χ0n) is 16.9. The third-order valence-electron chi connectivity index (χ3n) is 5.24. The van der Waals surface area contributed by atoms with Crippen molar-refractivity contribution < 1.29 is 27.9 Å². The lowest BCUT2D eigenvalue weighted by atomic mass is 9.84. The van der Waals surface area contributed by atoms with Gasteiger partial charge in [0.05, 0.1) is 43.2 Å². The van der Waals surface area contributed by atoms with Crippen LogP contribution < -0.4 is 10.8 Å². The Labute approximate surface area is 172 Å². The van der Waals surface area contributed by atoms with Crippen LogP contribution in [0.3, 0.4) is 0 Å². The molecule has 3 rings (SSSR count). The molecule has 0 saturated carbocycles. The number of hydroxylamine groups is 1. The predicted octanol–water partition coefficient (Wildman–Crippen LogP) is 3.27. The molecule has 6 nitrogen and oxygen atoms in total. The standard InChI is InChI=1S/C21H24F3N3O3/c1-4-17(26-30-3)21(29)10-27(11-21)20(28)13-6-7-14(22)18(24)19(13)25-16-8-5-12(2)9-15(16)23/h5-9,17,25-26,29H,4,10-11H2,1-3H3. The zero-order chi connectivity index (χ0) is 22.1. The van der Waals surface area contributed by atoms with Gasteiger partial charge in [0.2, 0.25) is 0 Å². The van der Waals surface area contributed by atoms with Crippen LogP contribution in [0.2, 0.25) is 0 Å². The molecule has 1 atom stereocenters. The van der Waals surface area contributed by atoms with Gasteiger partial charge in [-0.25, -0.2) is 13.2 Å². The zero-order valence-corrected chi connectivity index (χ0v) is 16.9. The maximum Gasteiger partial charge on any atom is 0.256 e. The van der Waals surface area contributed by atoms with Crippen LogP contribution in [0.25, 0.3) is 0 Å². The summed E-state index contributed by atoms with van der Waals surface area (Å²) < 4.78 is 42.6. The van der Waals surface area contributed by atoms with Crippen LogP contribution in [0.15, 0.2) is 30.3 Å². The Hall–Kier alpha value is -2.62. The highest BCUT2D eigenvalue weighted by Gasteiger charge is 2.49. The summed E-state index contributed by atoms with van der Waals surface area (Å²) >= 11 is 0. The summed E-state index contributed by atoms with van der Waals surface area (Å²) in [6.07, 6.45) is 0.553. The largest absolute Gasteiger partial charge is 0.384 e. The first-order chi connectivity index (χ1) is 14.2. The van der Waals surface area contributed by atoms with Gasteiger partial charge in [0, 0.05) is 0 Å². The van der Waals surface area contributed by atoms with Crippen molar-refractivity contribution in [2.45, 2.75) is 31.9 Å². The van der Waals surface area contributed by atoms with E-state index in [0.717, 1.165) is 12.1 Å². The maximum absolute atomic E-state index is 14.5. The first-order valence-electron chi connectivity index (χ1n) is 9.51. The minimum Gasteiger partial charge on any atom is -0.384 e. The van der Waals surface area contributed by atoms with Gasteiger partial charge >= 0.3 is 0 Å². The molecule has 1 heterocycles. The fraction of sp³-hybridized carbons (Fsp3) is 0.381. The van der Waals surface area contributed by atoms with E-state index >= 15 is 0 Å². The number of β-amino-alcohol motifs (C(OH)–C–C–N with tert-alkyl or cyclic N) is 1. The number of carbonyl (C=O) groups excluding carboxylic acids is 1. The lowest BCUT2D eigenvalue weighted by molar-refractivity contribution is -0.132. The number of anilines is 2. The van der Waals surface area contributed by atoms with Crippen molar-refractivity contribution in [3.8, 4) is 0 Å². The first kappa shape index (κ1) is 22.1. The number of aliphatic hydroxyl groups is 1. The van der Waals surface area contributed by atoms with Crippen LogP contribution in [-0.2, 0) is 4.84 Å². The third kappa shape index (κ3) is 4.14.